The first-order valence-electron chi connectivity index (χ1n) is 4.30. The summed E-state index contributed by atoms with van der Waals surface area (Å²) in [5, 5.41) is 9.54. The summed E-state index contributed by atoms with van der Waals surface area (Å²) in [4.78, 5) is 0. The largest absolute Gasteiger partial charge is 0.416 e. The first kappa shape index (κ1) is 12.4. The van der Waals surface area contributed by atoms with Gasteiger partial charge in [-0.05, 0) is 17.9 Å². The predicted octanol–water partition coefficient (Wildman–Crippen LogP) is 3.10. The van der Waals surface area contributed by atoms with Gasteiger partial charge in [-0.15, -0.1) is 0 Å². The van der Waals surface area contributed by atoms with E-state index in [1.54, 1.807) is 6.26 Å². The minimum Gasteiger partial charge on any atom is -0.388 e. The highest BCUT2D eigenvalue weighted by molar-refractivity contribution is 7.98. The molecule has 1 aromatic rings. The molecule has 5 heteroatoms. The summed E-state index contributed by atoms with van der Waals surface area (Å²) in [6, 6.07) is 5.11. The van der Waals surface area contributed by atoms with Crippen molar-refractivity contribution < 1.29 is 18.3 Å². The Kier molecular flexibility index (Phi) is 4.04. The quantitative estimate of drug-likeness (QED) is 0.870. The fourth-order valence-corrected chi connectivity index (χ4v) is 1.79. The maximum Gasteiger partial charge on any atom is 0.416 e. The molecule has 0 radical (unpaired) electrons. The van der Waals surface area contributed by atoms with Gasteiger partial charge in [0.15, 0.2) is 0 Å². The first-order chi connectivity index (χ1) is 6.96. The summed E-state index contributed by atoms with van der Waals surface area (Å²) >= 11 is 1.31. The molecule has 0 spiro atoms. The zero-order valence-corrected chi connectivity index (χ0v) is 8.90. The molecule has 1 aromatic carbocycles. The molecule has 0 aliphatic carbocycles. The van der Waals surface area contributed by atoms with E-state index in [-0.39, 0.29) is 11.3 Å². The molecule has 0 saturated heterocycles. The Bertz CT molecular complexity index is 325. The maximum atomic E-state index is 12.5. The number of aliphatic hydroxyl groups excluding tert-OH is 1. The number of thioether (sulfide) groups is 1. The lowest BCUT2D eigenvalue weighted by atomic mass is 10.0. The van der Waals surface area contributed by atoms with E-state index in [0.717, 1.165) is 6.07 Å². The highest BCUT2D eigenvalue weighted by atomic mass is 32.2. The average Bonchev–Trinajstić information content (AvgIpc) is 2.17. The third-order valence-electron chi connectivity index (χ3n) is 1.95. The van der Waals surface area contributed by atoms with Gasteiger partial charge in [0.2, 0.25) is 0 Å². The molecular formula is C10H11F3OS. The van der Waals surface area contributed by atoms with Crippen LogP contribution in [0, 0.1) is 0 Å². The lowest BCUT2D eigenvalue weighted by Crippen LogP contribution is -2.12. The van der Waals surface area contributed by atoms with E-state index in [4.69, 9.17) is 0 Å². The van der Waals surface area contributed by atoms with Crippen molar-refractivity contribution in [2.24, 2.45) is 0 Å². The second-order valence-electron chi connectivity index (χ2n) is 3.06. The summed E-state index contributed by atoms with van der Waals surface area (Å²) in [5.41, 5.74) is -0.814. The minimum absolute atomic E-state index is 0.0562. The van der Waals surface area contributed by atoms with Crippen LogP contribution in [0.15, 0.2) is 24.3 Å². The van der Waals surface area contributed by atoms with E-state index in [9.17, 15) is 18.3 Å². The van der Waals surface area contributed by atoms with E-state index in [0.29, 0.717) is 0 Å². The zero-order valence-electron chi connectivity index (χ0n) is 8.08. The van der Waals surface area contributed by atoms with Gasteiger partial charge in [-0.1, -0.05) is 18.2 Å². The highest BCUT2D eigenvalue weighted by Gasteiger charge is 2.34. The molecule has 1 rings (SSSR count). The van der Waals surface area contributed by atoms with Crippen LogP contribution in [0.3, 0.4) is 0 Å². The monoisotopic (exact) mass is 236 g/mol. The van der Waals surface area contributed by atoms with Gasteiger partial charge in [0, 0.05) is 5.75 Å². The lowest BCUT2D eigenvalue weighted by Gasteiger charge is -2.16. The standard InChI is InChI=1S/C10H11F3OS/c1-15-6-9(14)7-4-2-3-5-8(7)10(11,12)13/h2-5,9,14H,6H2,1H3. The Hall–Kier alpha value is -0.680. The van der Waals surface area contributed by atoms with E-state index < -0.39 is 17.8 Å². The Balaban J connectivity index is 3.06. The van der Waals surface area contributed by atoms with Gasteiger partial charge in [0.25, 0.3) is 0 Å². The third kappa shape index (κ3) is 3.14. The maximum absolute atomic E-state index is 12.5. The topological polar surface area (TPSA) is 20.2 Å². The second kappa shape index (κ2) is 4.90. The smallest absolute Gasteiger partial charge is 0.388 e. The van der Waals surface area contributed by atoms with Crippen LogP contribution in [0.2, 0.25) is 0 Å². The van der Waals surface area contributed by atoms with Gasteiger partial charge in [-0.25, -0.2) is 0 Å². The van der Waals surface area contributed by atoms with Crippen molar-refractivity contribution in [3.63, 3.8) is 0 Å². The Morgan fingerprint density at radius 3 is 2.47 bits per heavy atom. The number of hydrogen-bond acceptors (Lipinski definition) is 2. The molecule has 1 unspecified atom stereocenters. The van der Waals surface area contributed by atoms with Crippen LogP contribution < -0.4 is 0 Å². The predicted molar refractivity (Wildman–Crippen MR) is 54.8 cm³/mol. The molecule has 0 heterocycles. The molecule has 1 N–H and O–H groups in total. The van der Waals surface area contributed by atoms with Gasteiger partial charge in [-0.3, -0.25) is 0 Å². The minimum atomic E-state index is -4.41. The van der Waals surface area contributed by atoms with Crippen LogP contribution >= 0.6 is 11.8 Å². The van der Waals surface area contributed by atoms with Gasteiger partial charge >= 0.3 is 6.18 Å². The van der Waals surface area contributed by atoms with Crippen molar-refractivity contribution >= 4 is 11.8 Å². The summed E-state index contributed by atoms with van der Waals surface area (Å²) in [7, 11) is 0. The molecule has 0 saturated carbocycles. The van der Waals surface area contributed by atoms with Crippen molar-refractivity contribution in [3.05, 3.63) is 35.4 Å². The molecule has 84 valence electrons. The van der Waals surface area contributed by atoms with Crippen LogP contribution in [-0.2, 0) is 6.18 Å². The van der Waals surface area contributed by atoms with Crippen LogP contribution in [0.1, 0.15) is 17.2 Å². The third-order valence-corrected chi connectivity index (χ3v) is 2.60. The summed E-state index contributed by atoms with van der Waals surface area (Å²) in [5.74, 6) is 0.257. The summed E-state index contributed by atoms with van der Waals surface area (Å²) in [6.07, 6.45) is -3.74. The number of alkyl halides is 3. The van der Waals surface area contributed by atoms with Gasteiger partial charge in [0.05, 0.1) is 11.7 Å². The van der Waals surface area contributed by atoms with Crippen molar-refractivity contribution in [2.75, 3.05) is 12.0 Å². The second-order valence-corrected chi connectivity index (χ2v) is 3.97. The van der Waals surface area contributed by atoms with Crippen molar-refractivity contribution in [1.29, 1.82) is 0 Å². The fourth-order valence-electron chi connectivity index (χ4n) is 1.29. The Morgan fingerprint density at radius 2 is 1.93 bits per heavy atom. The fraction of sp³-hybridized carbons (Fsp3) is 0.400. The van der Waals surface area contributed by atoms with Crippen LogP contribution in [-0.4, -0.2) is 17.1 Å². The molecule has 0 aliphatic heterocycles. The Morgan fingerprint density at radius 1 is 1.33 bits per heavy atom. The molecule has 1 atom stereocenters. The van der Waals surface area contributed by atoms with E-state index in [1.807, 2.05) is 0 Å². The SMILES string of the molecule is CSCC(O)c1ccccc1C(F)(F)F. The number of benzene rings is 1. The molecular weight excluding hydrogens is 225 g/mol. The zero-order chi connectivity index (χ0) is 11.5. The van der Waals surface area contributed by atoms with Crippen LogP contribution in [0.5, 0.6) is 0 Å². The summed E-state index contributed by atoms with van der Waals surface area (Å²) in [6.45, 7) is 0. The average molecular weight is 236 g/mol. The molecule has 0 aliphatic rings. The highest BCUT2D eigenvalue weighted by Crippen LogP contribution is 2.34. The molecule has 15 heavy (non-hydrogen) atoms. The van der Waals surface area contributed by atoms with E-state index in [1.165, 1.54) is 30.0 Å². The van der Waals surface area contributed by atoms with E-state index >= 15 is 0 Å². The Labute approximate surface area is 90.3 Å². The van der Waals surface area contributed by atoms with Crippen LogP contribution in [0.25, 0.3) is 0 Å². The van der Waals surface area contributed by atoms with Crippen molar-refractivity contribution in [2.45, 2.75) is 12.3 Å². The number of hydrogen-bond donors (Lipinski definition) is 1. The van der Waals surface area contributed by atoms with Gasteiger partial charge in [-0.2, -0.15) is 24.9 Å². The summed E-state index contributed by atoms with van der Waals surface area (Å²) < 4.78 is 37.6. The first-order valence-corrected chi connectivity index (χ1v) is 5.69. The molecule has 1 nitrogen and oxygen atoms in total. The van der Waals surface area contributed by atoms with Gasteiger partial charge < -0.3 is 5.11 Å². The van der Waals surface area contributed by atoms with Crippen molar-refractivity contribution in [3.8, 4) is 0 Å². The van der Waals surface area contributed by atoms with Crippen molar-refractivity contribution in [1.82, 2.24) is 0 Å². The van der Waals surface area contributed by atoms with Gasteiger partial charge in [0.1, 0.15) is 0 Å². The number of aliphatic hydroxyl groups is 1. The normalized spacial score (nSPS) is 13.9. The lowest BCUT2D eigenvalue weighted by molar-refractivity contribution is -0.139. The number of rotatable bonds is 3. The van der Waals surface area contributed by atoms with E-state index in [2.05, 4.69) is 0 Å². The molecule has 0 bridgehead atoms. The molecule has 0 amide bonds. The number of halogens is 3. The van der Waals surface area contributed by atoms with Crippen LogP contribution in [0.4, 0.5) is 13.2 Å². The molecule has 0 aromatic heterocycles. The molecule has 0 fully saturated rings.